The van der Waals surface area contributed by atoms with Crippen LogP contribution in [0.3, 0.4) is 0 Å². The van der Waals surface area contributed by atoms with E-state index in [4.69, 9.17) is 21.4 Å². The third-order valence-corrected chi connectivity index (χ3v) is 1.89. The number of hydrogen-bond acceptors (Lipinski definition) is 2. The van der Waals surface area contributed by atoms with Crippen molar-refractivity contribution >= 4 is 11.6 Å². The Labute approximate surface area is 76.8 Å². The summed E-state index contributed by atoms with van der Waals surface area (Å²) in [5.74, 6) is 0.561. The van der Waals surface area contributed by atoms with Crippen LogP contribution in [0.25, 0.3) is 0 Å². The van der Waals surface area contributed by atoms with Gasteiger partial charge in [0, 0.05) is 6.42 Å². The molecule has 1 aliphatic heterocycles. The van der Waals surface area contributed by atoms with Crippen molar-refractivity contribution in [2.45, 2.75) is 12.5 Å². The summed E-state index contributed by atoms with van der Waals surface area (Å²) in [6.07, 6.45) is 2.14. The van der Waals surface area contributed by atoms with E-state index in [1.807, 2.05) is 0 Å². The second-order valence-corrected chi connectivity index (χ2v) is 3.05. The molecule has 0 aromatic carbocycles. The van der Waals surface area contributed by atoms with Crippen molar-refractivity contribution in [2.75, 3.05) is 6.61 Å². The molecular formula is C9H11ClO2. The standard InChI is InChI=1S/C9H11ClO2/c1-3-7-4-8(5-11)12-9(7)6(2)10/h3,8,11H,1-2,4-5H2. The van der Waals surface area contributed by atoms with Crippen molar-refractivity contribution in [1.82, 2.24) is 0 Å². The van der Waals surface area contributed by atoms with Crippen molar-refractivity contribution in [3.63, 3.8) is 0 Å². The van der Waals surface area contributed by atoms with E-state index in [0.717, 1.165) is 5.57 Å². The summed E-state index contributed by atoms with van der Waals surface area (Å²) < 4.78 is 5.30. The molecule has 12 heavy (non-hydrogen) atoms. The predicted octanol–water partition coefficient (Wildman–Crippen LogP) is 1.96. The van der Waals surface area contributed by atoms with E-state index in [0.29, 0.717) is 17.2 Å². The van der Waals surface area contributed by atoms with Gasteiger partial charge >= 0.3 is 0 Å². The molecule has 0 saturated carbocycles. The molecule has 1 unspecified atom stereocenters. The van der Waals surface area contributed by atoms with Crippen LogP contribution >= 0.6 is 11.6 Å². The Morgan fingerprint density at radius 2 is 2.50 bits per heavy atom. The first-order valence-electron chi connectivity index (χ1n) is 3.67. The van der Waals surface area contributed by atoms with Gasteiger partial charge < -0.3 is 9.84 Å². The molecule has 66 valence electrons. The second-order valence-electron chi connectivity index (χ2n) is 2.59. The van der Waals surface area contributed by atoms with Gasteiger partial charge in [-0.25, -0.2) is 0 Å². The minimum atomic E-state index is -0.191. The molecule has 1 aliphatic rings. The molecule has 0 radical (unpaired) electrons. The van der Waals surface area contributed by atoms with Crippen LogP contribution in [-0.4, -0.2) is 17.8 Å². The van der Waals surface area contributed by atoms with Crippen molar-refractivity contribution < 1.29 is 9.84 Å². The normalized spacial score (nSPS) is 22.3. The molecule has 3 heteroatoms. The molecule has 0 amide bonds. The second kappa shape index (κ2) is 3.78. The highest BCUT2D eigenvalue weighted by molar-refractivity contribution is 6.31. The van der Waals surface area contributed by atoms with Gasteiger partial charge in [0.05, 0.1) is 11.6 Å². The van der Waals surface area contributed by atoms with E-state index < -0.39 is 0 Å². The van der Waals surface area contributed by atoms with Crippen LogP contribution in [0.1, 0.15) is 6.42 Å². The van der Waals surface area contributed by atoms with Gasteiger partial charge in [0.25, 0.3) is 0 Å². The van der Waals surface area contributed by atoms with E-state index in [9.17, 15) is 0 Å². The number of ether oxygens (including phenoxy) is 1. The molecule has 1 rings (SSSR count). The lowest BCUT2D eigenvalue weighted by Crippen LogP contribution is -2.11. The van der Waals surface area contributed by atoms with E-state index in [1.54, 1.807) is 6.08 Å². The van der Waals surface area contributed by atoms with Gasteiger partial charge in [0.1, 0.15) is 11.9 Å². The number of rotatable bonds is 3. The summed E-state index contributed by atoms with van der Waals surface area (Å²) in [5, 5.41) is 9.18. The lowest BCUT2D eigenvalue weighted by atomic mass is 10.1. The summed E-state index contributed by atoms with van der Waals surface area (Å²) in [7, 11) is 0. The summed E-state index contributed by atoms with van der Waals surface area (Å²) in [6.45, 7) is 7.17. The molecule has 0 spiro atoms. The number of aliphatic hydroxyl groups excluding tert-OH is 1. The molecule has 0 fully saturated rings. The lowest BCUT2D eigenvalue weighted by Gasteiger charge is -2.07. The van der Waals surface area contributed by atoms with Crippen molar-refractivity contribution in [3.8, 4) is 0 Å². The van der Waals surface area contributed by atoms with Gasteiger partial charge in [-0.3, -0.25) is 0 Å². The first-order chi connectivity index (χ1) is 5.69. The molecule has 1 N–H and O–H groups in total. The van der Waals surface area contributed by atoms with Crippen LogP contribution < -0.4 is 0 Å². The Hall–Kier alpha value is -0.730. The summed E-state index contributed by atoms with van der Waals surface area (Å²) in [6, 6.07) is 0. The monoisotopic (exact) mass is 186 g/mol. The molecular weight excluding hydrogens is 176 g/mol. The maximum absolute atomic E-state index is 8.82. The van der Waals surface area contributed by atoms with Crippen LogP contribution in [-0.2, 0) is 4.74 Å². The Bertz CT molecular complexity index is 243. The maximum atomic E-state index is 8.82. The lowest BCUT2D eigenvalue weighted by molar-refractivity contribution is 0.0846. The quantitative estimate of drug-likeness (QED) is 0.730. The van der Waals surface area contributed by atoms with Crippen LogP contribution in [0.4, 0.5) is 0 Å². The average Bonchev–Trinajstić information content (AvgIpc) is 2.47. The van der Waals surface area contributed by atoms with Gasteiger partial charge in [-0.1, -0.05) is 30.8 Å². The fourth-order valence-electron chi connectivity index (χ4n) is 1.14. The van der Waals surface area contributed by atoms with Crippen molar-refractivity contribution in [3.05, 3.63) is 35.6 Å². The zero-order valence-electron chi connectivity index (χ0n) is 6.72. The zero-order valence-corrected chi connectivity index (χ0v) is 7.47. The topological polar surface area (TPSA) is 29.5 Å². The summed E-state index contributed by atoms with van der Waals surface area (Å²) in [4.78, 5) is 0. The average molecular weight is 187 g/mol. The summed E-state index contributed by atoms with van der Waals surface area (Å²) in [5.41, 5.74) is 0.911. The molecule has 0 aromatic heterocycles. The Balaban J connectivity index is 2.80. The number of allylic oxidation sites excluding steroid dienone is 2. The SMILES string of the molecule is C=CC1=C(C(=C)Cl)OC(CO)C1. The van der Waals surface area contributed by atoms with Gasteiger partial charge in [-0.15, -0.1) is 0 Å². The maximum Gasteiger partial charge on any atom is 0.141 e. The smallest absolute Gasteiger partial charge is 0.141 e. The zero-order chi connectivity index (χ0) is 9.14. The fourth-order valence-corrected chi connectivity index (χ4v) is 1.30. The molecule has 0 aliphatic carbocycles. The largest absolute Gasteiger partial charge is 0.486 e. The van der Waals surface area contributed by atoms with Gasteiger partial charge in [-0.2, -0.15) is 0 Å². The molecule has 0 bridgehead atoms. The van der Waals surface area contributed by atoms with Crippen LogP contribution in [0, 0.1) is 0 Å². The van der Waals surface area contributed by atoms with Crippen LogP contribution in [0.5, 0.6) is 0 Å². The van der Waals surface area contributed by atoms with E-state index in [1.165, 1.54) is 0 Å². The highest BCUT2D eigenvalue weighted by atomic mass is 35.5. The number of hydrogen-bond donors (Lipinski definition) is 1. The van der Waals surface area contributed by atoms with Gasteiger partial charge in [0.15, 0.2) is 0 Å². The summed E-state index contributed by atoms with van der Waals surface area (Å²) >= 11 is 5.67. The van der Waals surface area contributed by atoms with E-state index in [2.05, 4.69) is 13.2 Å². The third kappa shape index (κ3) is 1.71. The molecule has 2 nitrogen and oxygen atoms in total. The van der Waals surface area contributed by atoms with E-state index in [-0.39, 0.29) is 12.7 Å². The number of halogens is 1. The molecule has 0 saturated heterocycles. The molecule has 0 aromatic rings. The minimum absolute atomic E-state index is 0.00892. The van der Waals surface area contributed by atoms with E-state index >= 15 is 0 Å². The Morgan fingerprint density at radius 3 is 2.83 bits per heavy atom. The van der Waals surface area contributed by atoms with Crippen LogP contribution in [0.15, 0.2) is 35.6 Å². The minimum Gasteiger partial charge on any atom is -0.486 e. The first-order valence-corrected chi connectivity index (χ1v) is 4.04. The Morgan fingerprint density at radius 1 is 1.83 bits per heavy atom. The number of aliphatic hydroxyl groups is 1. The Kier molecular flexibility index (Phi) is 2.95. The third-order valence-electron chi connectivity index (χ3n) is 1.72. The first kappa shape index (κ1) is 9.36. The van der Waals surface area contributed by atoms with Crippen LogP contribution in [0.2, 0.25) is 0 Å². The molecule has 1 atom stereocenters. The predicted molar refractivity (Wildman–Crippen MR) is 48.8 cm³/mol. The highest BCUT2D eigenvalue weighted by Gasteiger charge is 2.24. The van der Waals surface area contributed by atoms with Gasteiger partial charge in [0.2, 0.25) is 0 Å². The van der Waals surface area contributed by atoms with Gasteiger partial charge in [-0.05, 0) is 5.57 Å². The van der Waals surface area contributed by atoms with Crippen molar-refractivity contribution in [2.24, 2.45) is 0 Å². The fraction of sp³-hybridized carbons (Fsp3) is 0.333. The highest BCUT2D eigenvalue weighted by Crippen LogP contribution is 2.31. The molecule has 1 heterocycles. The van der Waals surface area contributed by atoms with Crippen molar-refractivity contribution in [1.29, 1.82) is 0 Å².